The van der Waals surface area contributed by atoms with E-state index in [-0.39, 0.29) is 11.9 Å². The van der Waals surface area contributed by atoms with Crippen molar-refractivity contribution in [3.63, 3.8) is 0 Å². The number of hydrogen-bond donors (Lipinski definition) is 0. The Morgan fingerprint density at radius 2 is 1.88 bits per heavy atom. The molecular formula is C26H25N3O3. The standard InChI is InChI=1S/C26H25N3O3/c1-31-26(30)22-11-12-24-28-23(16-29(24)15-22)21-9-6-18(7-10-21)2-3-19-8-13-25(27-14-19)32-17-20-4-5-20/h6-10,13-14,16,20,22H,4-5,11-12,15,17H2,1H3. The van der Waals surface area contributed by atoms with Gasteiger partial charge in [0.2, 0.25) is 5.88 Å². The van der Waals surface area contributed by atoms with Gasteiger partial charge < -0.3 is 14.0 Å². The summed E-state index contributed by atoms with van der Waals surface area (Å²) in [6.45, 7) is 1.38. The number of fused-ring (bicyclic) bond motifs is 1. The molecule has 3 aromatic rings. The van der Waals surface area contributed by atoms with Crippen LogP contribution >= 0.6 is 0 Å². The first-order chi connectivity index (χ1) is 15.7. The topological polar surface area (TPSA) is 66.2 Å². The van der Waals surface area contributed by atoms with Crippen molar-refractivity contribution in [2.24, 2.45) is 11.8 Å². The number of benzene rings is 1. The van der Waals surface area contributed by atoms with E-state index in [4.69, 9.17) is 14.5 Å². The zero-order chi connectivity index (χ0) is 21.9. The van der Waals surface area contributed by atoms with Gasteiger partial charge in [0.05, 0.1) is 25.3 Å². The molecule has 3 heterocycles. The summed E-state index contributed by atoms with van der Waals surface area (Å²) >= 11 is 0. The zero-order valence-electron chi connectivity index (χ0n) is 18.1. The van der Waals surface area contributed by atoms with Crippen molar-refractivity contribution >= 4 is 5.97 Å². The van der Waals surface area contributed by atoms with Crippen LogP contribution in [0, 0.1) is 23.7 Å². The first-order valence-corrected chi connectivity index (χ1v) is 11.0. The van der Waals surface area contributed by atoms with E-state index in [1.165, 1.54) is 20.0 Å². The van der Waals surface area contributed by atoms with E-state index in [1.54, 1.807) is 6.20 Å². The van der Waals surface area contributed by atoms with E-state index < -0.39 is 0 Å². The Morgan fingerprint density at radius 3 is 2.59 bits per heavy atom. The van der Waals surface area contributed by atoms with Gasteiger partial charge in [-0.05, 0) is 43.4 Å². The second kappa shape index (κ2) is 8.88. The van der Waals surface area contributed by atoms with Crippen LogP contribution in [0.15, 0.2) is 48.8 Å². The van der Waals surface area contributed by atoms with Crippen molar-refractivity contribution in [2.75, 3.05) is 13.7 Å². The van der Waals surface area contributed by atoms with Crippen LogP contribution < -0.4 is 4.74 Å². The molecular weight excluding hydrogens is 402 g/mol. The number of rotatable bonds is 5. The fourth-order valence-corrected chi connectivity index (χ4v) is 3.84. The molecule has 0 N–H and O–H groups in total. The number of aryl methyl sites for hydroxylation is 1. The fourth-order valence-electron chi connectivity index (χ4n) is 3.84. The van der Waals surface area contributed by atoms with Gasteiger partial charge in [0, 0.05) is 48.1 Å². The Kier molecular flexibility index (Phi) is 5.64. The second-order valence-corrected chi connectivity index (χ2v) is 8.42. The number of aromatic nitrogens is 3. The quantitative estimate of drug-likeness (QED) is 0.457. The molecule has 1 fully saturated rings. The lowest BCUT2D eigenvalue weighted by Gasteiger charge is -2.21. The minimum absolute atomic E-state index is 0.0967. The predicted octanol–water partition coefficient (Wildman–Crippen LogP) is 3.87. The number of ether oxygens (including phenoxy) is 2. The Bertz CT molecular complexity index is 1170. The van der Waals surface area contributed by atoms with Crippen LogP contribution in [-0.2, 0) is 22.5 Å². The summed E-state index contributed by atoms with van der Waals surface area (Å²) in [7, 11) is 1.44. The summed E-state index contributed by atoms with van der Waals surface area (Å²) in [4.78, 5) is 20.9. The highest BCUT2D eigenvalue weighted by Crippen LogP contribution is 2.29. The summed E-state index contributed by atoms with van der Waals surface area (Å²) in [5, 5.41) is 0. The maximum Gasteiger partial charge on any atom is 0.310 e. The molecule has 1 atom stereocenters. The van der Waals surface area contributed by atoms with Crippen molar-refractivity contribution in [3.05, 3.63) is 65.7 Å². The highest BCUT2D eigenvalue weighted by atomic mass is 16.5. The first-order valence-electron chi connectivity index (χ1n) is 11.0. The van der Waals surface area contributed by atoms with E-state index in [1.807, 2.05) is 42.6 Å². The van der Waals surface area contributed by atoms with Crippen LogP contribution in [0.1, 0.15) is 36.2 Å². The van der Waals surface area contributed by atoms with Gasteiger partial charge in [-0.1, -0.05) is 24.0 Å². The van der Waals surface area contributed by atoms with Gasteiger partial charge in [-0.3, -0.25) is 4.79 Å². The third-order valence-corrected chi connectivity index (χ3v) is 5.96. The van der Waals surface area contributed by atoms with E-state index in [9.17, 15) is 4.79 Å². The van der Waals surface area contributed by atoms with Crippen molar-refractivity contribution in [3.8, 4) is 29.0 Å². The number of carbonyl (C=O) groups excluding carboxylic acids is 1. The van der Waals surface area contributed by atoms with Crippen molar-refractivity contribution in [2.45, 2.75) is 32.2 Å². The summed E-state index contributed by atoms with van der Waals surface area (Å²) < 4.78 is 12.6. The lowest BCUT2D eigenvalue weighted by atomic mass is 10.00. The molecule has 1 unspecified atom stereocenters. The Hall–Kier alpha value is -3.59. The molecule has 2 aromatic heterocycles. The van der Waals surface area contributed by atoms with Crippen molar-refractivity contribution in [1.29, 1.82) is 0 Å². The Balaban J connectivity index is 1.23. The molecule has 1 aliphatic heterocycles. The van der Waals surface area contributed by atoms with Crippen molar-refractivity contribution in [1.82, 2.24) is 14.5 Å². The van der Waals surface area contributed by atoms with Gasteiger partial charge in [0.25, 0.3) is 0 Å². The largest absolute Gasteiger partial charge is 0.477 e. The monoisotopic (exact) mass is 427 g/mol. The van der Waals surface area contributed by atoms with Gasteiger partial charge in [-0.2, -0.15) is 0 Å². The highest BCUT2D eigenvalue weighted by molar-refractivity contribution is 5.72. The third kappa shape index (κ3) is 4.67. The Morgan fingerprint density at radius 1 is 1.09 bits per heavy atom. The molecule has 0 spiro atoms. The molecule has 0 radical (unpaired) electrons. The average molecular weight is 428 g/mol. The van der Waals surface area contributed by atoms with Crippen LogP contribution in [-0.4, -0.2) is 34.2 Å². The third-order valence-electron chi connectivity index (χ3n) is 5.96. The summed E-state index contributed by atoms with van der Waals surface area (Å²) in [6, 6.07) is 11.9. The molecule has 32 heavy (non-hydrogen) atoms. The van der Waals surface area contributed by atoms with Crippen LogP contribution in [0.4, 0.5) is 0 Å². The second-order valence-electron chi connectivity index (χ2n) is 8.42. The first kappa shape index (κ1) is 20.3. The molecule has 1 aliphatic carbocycles. The molecule has 1 aromatic carbocycles. The Labute approximate surface area is 187 Å². The average Bonchev–Trinajstić information content (AvgIpc) is 3.58. The zero-order valence-corrected chi connectivity index (χ0v) is 18.1. The predicted molar refractivity (Wildman–Crippen MR) is 120 cm³/mol. The summed E-state index contributed by atoms with van der Waals surface area (Å²) in [5.74, 6) is 8.48. The van der Waals surface area contributed by atoms with Crippen LogP contribution in [0.5, 0.6) is 5.88 Å². The smallest absolute Gasteiger partial charge is 0.310 e. The summed E-state index contributed by atoms with van der Waals surface area (Å²) in [6.07, 6.45) is 7.86. The van der Waals surface area contributed by atoms with Gasteiger partial charge in [0.15, 0.2) is 0 Å². The minimum atomic E-state index is -0.149. The number of esters is 1. The highest BCUT2D eigenvalue weighted by Gasteiger charge is 2.26. The molecule has 162 valence electrons. The molecule has 2 aliphatic rings. The molecule has 0 amide bonds. The molecule has 0 saturated heterocycles. The molecule has 6 nitrogen and oxygen atoms in total. The number of pyridine rings is 1. The van der Waals surface area contributed by atoms with E-state index in [2.05, 4.69) is 21.4 Å². The van der Waals surface area contributed by atoms with Crippen LogP contribution in [0.3, 0.4) is 0 Å². The number of carbonyl (C=O) groups is 1. The van der Waals surface area contributed by atoms with E-state index in [0.717, 1.165) is 47.7 Å². The van der Waals surface area contributed by atoms with Gasteiger partial charge >= 0.3 is 5.97 Å². The van der Waals surface area contributed by atoms with Crippen LogP contribution in [0.2, 0.25) is 0 Å². The lowest BCUT2D eigenvalue weighted by Crippen LogP contribution is -2.27. The van der Waals surface area contributed by atoms with Crippen molar-refractivity contribution < 1.29 is 14.3 Å². The maximum atomic E-state index is 11.8. The van der Waals surface area contributed by atoms with E-state index >= 15 is 0 Å². The number of imidazole rings is 1. The lowest BCUT2D eigenvalue weighted by molar-refractivity contribution is -0.146. The minimum Gasteiger partial charge on any atom is -0.477 e. The molecule has 1 saturated carbocycles. The number of methoxy groups -OCH3 is 1. The summed E-state index contributed by atoms with van der Waals surface area (Å²) in [5.41, 5.74) is 3.73. The normalized spacial score (nSPS) is 17.1. The molecule has 6 heteroatoms. The number of nitrogens with zero attached hydrogens (tertiary/aromatic N) is 3. The number of hydrogen-bond acceptors (Lipinski definition) is 5. The van der Waals surface area contributed by atoms with Gasteiger partial charge in [0.1, 0.15) is 5.82 Å². The SMILES string of the molecule is COC(=O)C1CCc2nc(-c3ccc(C#Cc4ccc(OCC5CC5)nc4)cc3)cn2C1. The molecule has 0 bridgehead atoms. The van der Waals surface area contributed by atoms with Crippen LogP contribution in [0.25, 0.3) is 11.3 Å². The fraction of sp³-hybridized carbons (Fsp3) is 0.346. The van der Waals surface area contributed by atoms with Gasteiger partial charge in [-0.25, -0.2) is 9.97 Å². The van der Waals surface area contributed by atoms with E-state index in [0.29, 0.717) is 18.3 Å². The molecule has 5 rings (SSSR count). The maximum absolute atomic E-state index is 11.8. The van der Waals surface area contributed by atoms with Gasteiger partial charge in [-0.15, -0.1) is 0 Å².